The monoisotopic (exact) mass is 294 g/mol. The van der Waals surface area contributed by atoms with Crippen LogP contribution in [0.2, 0.25) is 0 Å². The van der Waals surface area contributed by atoms with Gasteiger partial charge in [-0.1, -0.05) is 24.3 Å². The Labute approximate surface area is 127 Å². The lowest BCUT2D eigenvalue weighted by molar-refractivity contribution is -0.133. The summed E-state index contributed by atoms with van der Waals surface area (Å²) >= 11 is 0. The molecule has 0 aliphatic heterocycles. The zero-order chi connectivity index (χ0) is 15.9. The molecule has 0 fully saturated rings. The van der Waals surface area contributed by atoms with Crippen molar-refractivity contribution in [3.05, 3.63) is 63.5 Å². The Morgan fingerprint density at radius 2 is 1.82 bits per heavy atom. The number of aromatic hydroxyl groups is 1. The highest BCUT2D eigenvalue weighted by Gasteiger charge is 2.20. The fraction of sp³-hybridized carbons (Fsp3) is 0.111. The third kappa shape index (κ3) is 2.09. The number of hydrogen-bond acceptors (Lipinski definition) is 4. The minimum Gasteiger partial charge on any atom is -0.507 e. The van der Waals surface area contributed by atoms with Crippen molar-refractivity contribution in [2.45, 2.75) is 6.92 Å². The number of benzene rings is 2. The normalized spacial score (nSPS) is 12.0. The number of ketones is 1. The number of esters is 1. The Morgan fingerprint density at radius 1 is 1.09 bits per heavy atom. The zero-order valence-electron chi connectivity index (χ0n) is 12.2. The summed E-state index contributed by atoms with van der Waals surface area (Å²) in [7, 11) is 1.30. The minimum atomic E-state index is -0.454. The molecule has 1 aliphatic rings. The van der Waals surface area contributed by atoms with Gasteiger partial charge in [0.15, 0.2) is 5.78 Å². The predicted octanol–water partition coefficient (Wildman–Crippen LogP) is 1.05. The average molecular weight is 294 g/mol. The Bertz CT molecular complexity index is 923. The molecule has 4 nitrogen and oxygen atoms in total. The molecule has 0 atom stereocenters. The molecule has 0 heterocycles. The third-order valence-corrected chi connectivity index (χ3v) is 3.80. The molecule has 110 valence electrons. The lowest BCUT2D eigenvalue weighted by Crippen LogP contribution is -2.38. The van der Waals surface area contributed by atoms with Crippen LogP contribution in [0.25, 0.3) is 11.6 Å². The van der Waals surface area contributed by atoms with E-state index < -0.39 is 5.97 Å². The van der Waals surface area contributed by atoms with Crippen molar-refractivity contribution in [3.63, 3.8) is 0 Å². The number of carbonyl (C=O) groups excluding carboxylic acids is 2. The van der Waals surface area contributed by atoms with E-state index in [0.29, 0.717) is 16.4 Å². The number of fused-ring (bicyclic) bond motifs is 1. The summed E-state index contributed by atoms with van der Waals surface area (Å²) in [6.45, 7) is 1.85. The molecule has 3 rings (SSSR count). The second-order valence-electron chi connectivity index (χ2n) is 5.15. The first-order valence-electron chi connectivity index (χ1n) is 6.80. The zero-order valence-corrected chi connectivity index (χ0v) is 12.2. The summed E-state index contributed by atoms with van der Waals surface area (Å²) in [5, 5.41) is 11.5. The van der Waals surface area contributed by atoms with Gasteiger partial charge in [0.25, 0.3) is 0 Å². The van der Waals surface area contributed by atoms with E-state index >= 15 is 0 Å². The molecule has 1 N–H and O–H groups in total. The van der Waals surface area contributed by atoms with Crippen LogP contribution in [-0.4, -0.2) is 24.0 Å². The van der Waals surface area contributed by atoms with Gasteiger partial charge in [-0.25, -0.2) is 4.79 Å². The largest absolute Gasteiger partial charge is 0.507 e. The molecule has 0 bridgehead atoms. The fourth-order valence-electron chi connectivity index (χ4n) is 2.55. The number of methoxy groups -OCH3 is 1. The second kappa shape index (κ2) is 5.15. The quantitative estimate of drug-likeness (QED) is 0.679. The Balaban J connectivity index is 2.09. The van der Waals surface area contributed by atoms with Crippen LogP contribution in [-0.2, 0) is 9.53 Å². The van der Waals surface area contributed by atoms with Gasteiger partial charge in [-0.15, -0.1) is 0 Å². The van der Waals surface area contributed by atoms with Crippen molar-refractivity contribution in [3.8, 4) is 5.75 Å². The molecule has 0 saturated heterocycles. The lowest BCUT2D eigenvalue weighted by atomic mass is 9.93. The topological polar surface area (TPSA) is 63.6 Å². The number of phenolic OH excluding ortho intramolecular Hbond substituents is 1. The van der Waals surface area contributed by atoms with Crippen LogP contribution in [0, 0.1) is 6.92 Å². The maximum atomic E-state index is 12.6. The van der Waals surface area contributed by atoms with E-state index in [1.165, 1.54) is 13.2 Å². The van der Waals surface area contributed by atoms with Crippen LogP contribution in [0.1, 0.15) is 21.5 Å². The summed E-state index contributed by atoms with van der Waals surface area (Å²) in [4.78, 5) is 24.1. The smallest absolute Gasteiger partial charge is 0.338 e. The first kappa shape index (κ1) is 14.1. The summed E-state index contributed by atoms with van der Waals surface area (Å²) in [5.41, 5.74) is 2.03. The van der Waals surface area contributed by atoms with Gasteiger partial charge in [-0.05, 0) is 41.1 Å². The molecule has 0 radical (unpaired) electrons. The van der Waals surface area contributed by atoms with Gasteiger partial charge in [-0.3, -0.25) is 4.79 Å². The van der Waals surface area contributed by atoms with Crippen LogP contribution in [0.3, 0.4) is 0 Å². The molecule has 22 heavy (non-hydrogen) atoms. The minimum absolute atomic E-state index is 0.137. The highest BCUT2D eigenvalue weighted by atomic mass is 16.5. The standard InChI is InChI=1S/C18H14O4/c1-10-5-3-4-6-12(10)17(20)15-8-11-7-14(18(21)22-2)13(11)9-16(15)19/h3-9,19H,1-2H3. The molecule has 2 aromatic rings. The predicted molar refractivity (Wildman–Crippen MR) is 81.9 cm³/mol. The number of hydrogen-bond donors (Lipinski definition) is 1. The number of ether oxygens (including phenoxy) is 1. The molecular weight excluding hydrogens is 280 g/mol. The van der Waals surface area contributed by atoms with Gasteiger partial charge >= 0.3 is 5.97 Å². The summed E-state index contributed by atoms with van der Waals surface area (Å²) in [6, 6.07) is 10.3. The summed E-state index contributed by atoms with van der Waals surface area (Å²) < 4.78 is 4.66. The molecule has 0 spiro atoms. The van der Waals surface area contributed by atoms with Gasteiger partial charge in [0.05, 0.1) is 18.2 Å². The van der Waals surface area contributed by atoms with E-state index in [4.69, 9.17) is 0 Å². The molecule has 0 saturated carbocycles. The van der Waals surface area contributed by atoms with Gasteiger partial charge in [-0.2, -0.15) is 0 Å². The molecule has 0 amide bonds. The van der Waals surface area contributed by atoms with Crippen LogP contribution >= 0.6 is 0 Å². The number of rotatable bonds is 3. The first-order chi connectivity index (χ1) is 10.5. The average Bonchev–Trinajstić information content (AvgIpc) is 2.50. The van der Waals surface area contributed by atoms with Gasteiger partial charge in [0.1, 0.15) is 5.75 Å². The Kier molecular flexibility index (Phi) is 3.29. The van der Waals surface area contributed by atoms with E-state index in [0.717, 1.165) is 10.8 Å². The van der Waals surface area contributed by atoms with Crippen LogP contribution in [0.5, 0.6) is 5.75 Å². The van der Waals surface area contributed by atoms with Crippen molar-refractivity contribution in [2.24, 2.45) is 0 Å². The number of aryl methyl sites for hydroxylation is 1. The lowest BCUT2D eigenvalue weighted by Gasteiger charge is -2.12. The highest BCUT2D eigenvalue weighted by molar-refractivity contribution is 6.23. The van der Waals surface area contributed by atoms with Crippen molar-refractivity contribution in [2.75, 3.05) is 7.11 Å². The van der Waals surface area contributed by atoms with E-state index in [1.807, 2.05) is 19.1 Å². The second-order valence-corrected chi connectivity index (χ2v) is 5.15. The maximum Gasteiger partial charge on any atom is 0.338 e. The molecule has 0 unspecified atom stereocenters. The maximum absolute atomic E-state index is 12.6. The highest BCUT2D eigenvalue weighted by Crippen LogP contribution is 2.20. The number of phenols is 1. The van der Waals surface area contributed by atoms with Crippen molar-refractivity contribution >= 4 is 23.4 Å². The van der Waals surface area contributed by atoms with E-state index in [9.17, 15) is 14.7 Å². The molecule has 1 aliphatic carbocycles. The Hall–Kier alpha value is -2.88. The summed E-state index contributed by atoms with van der Waals surface area (Å²) in [5.74, 6) is -0.829. The summed E-state index contributed by atoms with van der Waals surface area (Å²) in [6.07, 6.45) is 1.65. The fourth-order valence-corrected chi connectivity index (χ4v) is 2.55. The number of carbonyl (C=O) groups is 2. The van der Waals surface area contributed by atoms with E-state index in [1.54, 1.807) is 24.3 Å². The van der Waals surface area contributed by atoms with Crippen molar-refractivity contribution in [1.29, 1.82) is 0 Å². The Morgan fingerprint density at radius 3 is 2.50 bits per heavy atom. The molecule has 2 aromatic carbocycles. The SMILES string of the molecule is COC(=O)C1=c2cc(O)c(C(=O)c3ccccc3C)cc2=C1. The van der Waals surface area contributed by atoms with Crippen LogP contribution in [0.4, 0.5) is 0 Å². The molecular formula is C18H14O4. The van der Waals surface area contributed by atoms with Crippen LogP contribution < -0.4 is 10.4 Å². The van der Waals surface area contributed by atoms with E-state index in [2.05, 4.69) is 4.74 Å². The van der Waals surface area contributed by atoms with Gasteiger partial charge in [0.2, 0.25) is 0 Å². The van der Waals surface area contributed by atoms with Gasteiger partial charge < -0.3 is 9.84 Å². The third-order valence-electron chi connectivity index (χ3n) is 3.80. The van der Waals surface area contributed by atoms with Crippen molar-refractivity contribution in [1.82, 2.24) is 0 Å². The molecule has 4 heteroatoms. The van der Waals surface area contributed by atoms with E-state index in [-0.39, 0.29) is 17.1 Å². The van der Waals surface area contributed by atoms with Crippen molar-refractivity contribution < 1.29 is 19.4 Å². The molecule has 0 aromatic heterocycles. The van der Waals surface area contributed by atoms with Crippen LogP contribution in [0.15, 0.2) is 36.4 Å². The van der Waals surface area contributed by atoms with Gasteiger partial charge in [0, 0.05) is 5.56 Å². The first-order valence-corrected chi connectivity index (χ1v) is 6.80.